The molecule has 0 atom stereocenters. The number of aromatic nitrogens is 1. The molecule has 0 fully saturated rings. The highest BCUT2D eigenvalue weighted by atomic mass is 16.4. The highest BCUT2D eigenvalue weighted by Gasteiger charge is 1.72. The molecule has 0 amide bonds. The van der Waals surface area contributed by atoms with Crippen LogP contribution in [-0.4, -0.2) is 22.7 Å². The molecule has 4 nitrogen and oxygen atoms in total. The molecule has 0 aromatic carbocycles. The first kappa shape index (κ1) is 8.06. The summed E-state index contributed by atoms with van der Waals surface area (Å²) in [5, 5.41) is 14.0. The summed E-state index contributed by atoms with van der Waals surface area (Å²) in [5.41, 5.74) is 5.22. The molecule has 0 bridgehead atoms. The molecule has 1 radical (unpaired) electrons. The Balaban J connectivity index is 0.000000187. The van der Waals surface area contributed by atoms with E-state index in [0.717, 1.165) is 5.82 Å². The number of hydrogen-bond donors (Lipinski definition) is 4. The summed E-state index contributed by atoms with van der Waals surface area (Å²) in [5.74, 6) is 0.718. The third-order valence-electron chi connectivity index (χ3n) is 0.622. The molecule has 9 heavy (non-hydrogen) atoms. The van der Waals surface area contributed by atoms with E-state index in [9.17, 15) is 0 Å². The Hall–Kier alpha value is -0.935. The maximum Gasteiger partial charge on any atom is 0.482 e. The molecule has 0 aliphatic rings. The summed E-state index contributed by atoms with van der Waals surface area (Å²) in [6, 6.07) is 3.66. The van der Waals surface area contributed by atoms with E-state index in [0.29, 0.717) is 0 Å². The predicted molar refractivity (Wildman–Crippen MR) is 35.4 cm³/mol. The van der Waals surface area contributed by atoms with E-state index in [1.807, 2.05) is 6.07 Å². The molecule has 1 aromatic heterocycles. The normalized spacial score (nSPS) is 7.33. The summed E-state index contributed by atoms with van der Waals surface area (Å²) in [6.07, 6.45) is 1.79. The zero-order valence-corrected chi connectivity index (χ0v) is 4.78. The second-order valence-corrected chi connectivity index (χ2v) is 1.24. The average Bonchev–Trinajstić information content (AvgIpc) is 2.20. The molecule has 0 saturated heterocycles. The van der Waals surface area contributed by atoms with Crippen LogP contribution in [0.3, 0.4) is 0 Å². The lowest BCUT2D eigenvalue weighted by Crippen LogP contribution is -1.79. The summed E-state index contributed by atoms with van der Waals surface area (Å²) in [7, 11) is 0. The first-order chi connectivity index (χ1) is 4.31. The lowest BCUT2D eigenvalue weighted by atomic mass is 10.5. The van der Waals surface area contributed by atoms with Gasteiger partial charge in [-0.25, -0.2) is 0 Å². The van der Waals surface area contributed by atoms with Gasteiger partial charge in [-0.2, -0.15) is 0 Å². The Kier molecular flexibility index (Phi) is 4.67. The van der Waals surface area contributed by atoms with Crippen molar-refractivity contribution >= 4 is 13.5 Å². The van der Waals surface area contributed by atoms with E-state index in [-0.39, 0.29) is 7.69 Å². The fourth-order valence-electron chi connectivity index (χ4n) is 0.344. The second-order valence-electron chi connectivity index (χ2n) is 1.24. The third kappa shape index (κ3) is 4.93. The van der Waals surface area contributed by atoms with Gasteiger partial charge in [0.05, 0.1) is 0 Å². The maximum absolute atomic E-state index is 7.00. The second kappa shape index (κ2) is 5.21. The third-order valence-corrected chi connectivity index (χ3v) is 0.622. The molecule has 0 spiro atoms. The minimum absolute atomic E-state index is 0. The van der Waals surface area contributed by atoms with Gasteiger partial charge in [0.2, 0.25) is 0 Å². The van der Waals surface area contributed by atoms with E-state index in [4.69, 9.17) is 15.8 Å². The van der Waals surface area contributed by atoms with Crippen molar-refractivity contribution in [3.8, 4) is 0 Å². The molecule has 49 valence electrons. The molecule has 5 N–H and O–H groups in total. The highest BCUT2D eigenvalue weighted by molar-refractivity contribution is 6.13. The van der Waals surface area contributed by atoms with Crippen molar-refractivity contribution in [2.24, 2.45) is 0 Å². The lowest BCUT2D eigenvalue weighted by molar-refractivity contribution is 0.448. The number of nitrogens with one attached hydrogen (secondary N) is 1. The number of rotatable bonds is 0. The van der Waals surface area contributed by atoms with Crippen molar-refractivity contribution in [3.05, 3.63) is 18.3 Å². The number of anilines is 1. The van der Waals surface area contributed by atoms with Gasteiger partial charge in [0.15, 0.2) is 0 Å². The molecule has 0 saturated carbocycles. The van der Waals surface area contributed by atoms with Gasteiger partial charge in [0, 0.05) is 6.20 Å². The molecule has 1 heterocycles. The van der Waals surface area contributed by atoms with Crippen LogP contribution in [0, 0.1) is 0 Å². The Labute approximate surface area is 53.6 Å². The van der Waals surface area contributed by atoms with Crippen LogP contribution in [0.25, 0.3) is 0 Å². The number of H-pyrrole nitrogens is 1. The van der Waals surface area contributed by atoms with Crippen LogP contribution in [0.5, 0.6) is 0 Å². The molecular formula is C4H8BN2O2. The molecule has 0 unspecified atom stereocenters. The van der Waals surface area contributed by atoms with Crippen LogP contribution in [-0.2, 0) is 0 Å². The maximum atomic E-state index is 7.00. The van der Waals surface area contributed by atoms with Gasteiger partial charge in [-0.05, 0) is 12.1 Å². The smallest absolute Gasteiger partial charge is 0.429 e. The standard InChI is InChI=1S/C4H6N2.BH2O2/c5-4-2-1-3-6-4;2-1-3/h1-3,6H,5H2;2-3H. The zero-order chi connectivity index (χ0) is 7.11. The van der Waals surface area contributed by atoms with Gasteiger partial charge in [-0.15, -0.1) is 0 Å². The Morgan fingerprint density at radius 2 is 2.11 bits per heavy atom. The van der Waals surface area contributed by atoms with E-state index in [2.05, 4.69) is 4.98 Å². The van der Waals surface area contributed by atoms with Gasteiger partial charge in [0.1, 0.15) is 5.82 Å². The quantitative estimate of drug-likeness (QED) is 0.341. The molecule has 0 aliphatic heterocycles. The average molecular weight is 127 g/mol. The number of aromatic amines is 1. The van der Waals surface area contributed by atoms with Crippen molar-refractivity contribution in [1.82, 2.24) is 4.98 Å². The summed E-state index contributed by atoms with van der Waals surface area (Å²) in [4.78, 5) is 2.78. The molecule has 5 heteroatoms. The van der Waals surface area contributed by atoms with Gasteiger partial charge < -0.3 is 20.8 Å². The van der Waals surface area contributed by atoms with Crippen LogP contribution in [0.15, 0.2) is 18.3 Å². The predicted octanol–water partition coefficient (Wildman–Crippen LogP) is -0.898. The van der Waals surface area contributed by atoms with E-state index < -0.39 is 0 Å². The van der Waals surface area contributed by atoms with Crippen molar-refractivity contribution in [1.29, 1.82) is 0 Å². The fraction of sp³-hybridized carbons (Fsp3) is 0. The van der Waals surface area contributed by atoms with Crippen molar-refractivity contribution in [2.75, 3.05) is 5.73 Å². The van der Waals surface area contributed by atoms with Gasteiger partial charge in [0.25, 0.3) is 0 Å². The number of nitrogens with two attached hydrogens (primary N) is 1. The largest absolute Gasteiger partial charge is 0.482 e. The SMILES string of the molecule is Nc1ccc[nH]1.O[B]O. The zero-order valence-electron chi connectivity index (χ0n) is 4.78. The van der Waals surface area contributed by atoms with Crippen LogP contribution in [0.1, 0.15) is 0 Å². The van der Waals surface area contributed by atoms with E-state index in [1.54, 1.807) is 12.3 Å². The van der Waals surface area contributed by atoms with E-state index >= 15 is 0 Å². The Bertz CT molecular complexity index is 131. The summed E-state index contributed by atoms with van der Waals surface area (Å²) in [6.45, 7) is 0. The molecular weight excluding hydrogens is 119 g/mol. The monoisotopic (exact) mass is 127 g/mol. The molecule has 0 aliphatic carbocycles. The number of nitrogen functional groups attached to an aromatic ring is 1. The lowest BCUT2D eigenvalue weighted by Gasteiger charge is -1.72. The van der Waals surface area contributed by atoms with Gasteiger partial charge in [-0.1, -0.05) is 0 Å². The minimum atomic E-state index is 0. The minimum Gasteiger partial charge on any atom is -0.429 e. The van der Waals surface area contributed by atoms with Crippen molar-refractivity contribution in [2.45, 2.75) is 0 Å². The van der Waals surface area contributed by atoms with Crippen molar-refractivity contribution in [3.63, 3.8) is 0 Å². The molecule has 1 rings (SSSR count). The van der Waals surface area contributed by atoms with Gasteiger partial charge in [-0.3, -0.25) is 0 Å². The highest BCUT2D eigenvalue weighted by Crippen LogP contribution is 1.90. The Morgan fingerprint density at radius 1 is 1.56 bits per heavy atom. The Morgan fingerprint density at radius 3 is 2.22 bits per heavy atom. The topological polar surface area (TPSA) is 82.3 Å². The number of hydrogen-bond acceptors (Lipinski definition) is 3. The fourth-order valence-corrected chi connectivity index (χ4v) is 0.344. The first-order valence-electron chi connectivity index (χ1n) is 2.30. The summed E-state index contributed by atoms with van der Waals surface area (Å²) >= 11 is 0. The van der Waals surface area contributed by atoms with Crippen LogP contribution < -0.4 is 5.73 Å². The van der Waals surface area contributed by atoms with Crippen molar-refractivity contribution < 1.29 is 10.0 Å². The van der Waals surface area contributed by atoms with Crippen LogP contribution in [0.4, 0.5) is 5.82 Å². The summed E-state index contributed by atoms with van der Waals surface area (Å²) < 4.78 is 0. The van der Waals surface area contributed by atoms with Crippen LogP contribution >= 0.6 is 0 Å². The van der Waals surface area contributed by atoms with E-state index in [1.165, 1.54) is 0 Å². The van der Waals surface area contributed by atoms with Gasteiger partial charge >= 0.3 is 7.69 Å². The molecule has 1 aromatic rings. The first-order valence-corrected chi connectivity index (χ1v) is 2.30. The van der Waals surface area contributed by atoms with Crippen LogP contribution in [0.2, 0.25) is 0 Å².